The number of piperazine rings is 1. The standard InChI is InChI=1S/C26H29N3O3/c1-31-20-9-10-21-19(18-27-23(21)16-20)6-4-5-11-28-12-14-29(15-13-28)24-17-26(30)32-25-8-3-2-7-22(24)25/h2-3,7-10,16-18,27H,4-6,11-15H2,1H3. The minimum Gasteiger partial charge on any atom is -0.497 e. The van der Waals surface area contributed by atoms with Gasteiger partial charge in [0.05, 0.1) is 12.8 Å². The zero-order chi connectivity index (χ0) is 21.9. The van der Waals surface area contributed by atoms with Gasteiger partial charge in [0.15, 0.2) is 0 Å². The lowest BCUT2D eigenvalue weighted by atomic mass is 10.1. The Morgan fingerprint density at radius 2 is 1.84 bits per heavy atom. The van der Waals surface area contributed by atoms with Crippen molar-refractivity contribution < 1.29 is 9.15 Å². The predicted octanol–water partition coefficient (Wildman–Crippen LogP) is 4.43. The number of fused-ring (bicyclic) bond motifs is 2. The van der Waals surface area contributed by atoms with Gasteiger partial charge in [-0.05, 0) is 55.6 Å². The topological polar surface area (TPSA) is 61.7 Å². The summed E-state index contributed by atoms with van der Waals surface area (Å²) in [5, 5.41) is 2.30. The van der Waals surface area contributed by atoms with Gasteiger partial charge in [-0.3, -0.25) is 4.90 Å². The molecule has 0 spiro atoms. The van der Waals surface area contributed by atoms with Crippen LogP contribution in [0.25, 0.3) is 21.9 Å². The molecule has 2 aromatic heterocycles. The molecule has 0 radical (unpaired) electrons. The van der Waals surface area contributed by atoms with Crippen LogP contribution in [0.4, 0.5) is 5.69 Å². The number of hydrogen-bond acceptors (Lipinski definition) is 5. The van der Waals surface area contributed by atoms with Crippen molar-refractivity contribution in [2.45, 2.75) is 19.3 Å². The second-order valence-corrected chi connectivity index (χ2v) is 8.46. The summed E-state index contributed by atoms with van der Waals surface area (Å²) in [5.41, 5.74) is 3.89. The van der Waals surface area contributed by atoms with Gasteiger partial charge in [-0.25, -0.2) is 4.79 Å². The molecular formula is C26H29N3O3. The number of para-hydroxylation sites is 1. The number of nitrogens with one attached hydrogen (secondary N) is 1. The number of H-pyrrole nitrogens is 1. The van der Waals surface area contributed by atoms with Crippen molar-refractivity contribution in [3.8, 4) is 5.75 Å². The third-order valence-electron chi connectivity index (χ3n) is 6.49. The fourth-order valence-corrected chi connectivity index (χ4v) is 4.72. The van der Waals surface area contributed by atoms with Gasteiger partial charge >= 0.3 is 5.63 Å². The molecule has 6 heteroatoms. The van der Waals surface area contributed by atoms with E-state index >= 15 is 0 Å². The molecule has 2 aromatic carbocycles. The van der Waals surface area contributed by atoms with Crippen LogP contribution in [0.3, 0.4) is 0 Å². The minimum absolute atomic E-state index is 0.281. The van der Waals surface area contributed by atoms with Crippen molar-refractivity contribution in [2.24, 2.45) is 0 Å². The highest BCUT2D eigenvalue weighted by atomic mass is 16.5. The first-order valence-corrected chi connectivity index (χ1v) is 11.4. The Bertz CT molecular complexity index is 1270. The molecule has 1 N–H and O–H groups in total. The molecule has 6 nitrogen and oxygen atoms in total. The quantitative estimate of drug-likeness (QED) is 0.347. The SMILES string of the molecule is COc1ccc2c(CCCCN3CCN(c4cc(=O)oc5ccccc45)CC3)c[nH]c2c1. The Kier molecular flexibility index (Phi) is 5.86. The highest BCUT2D eigenvalue weighted by molar-refractivity contribution is 5.90. The monoisotopic (exact) mass is 431 g/mol. The zero-order valence-electron chi connectivity index (χ0n) is 18.5. The van der Waals surface area contributed by atoms with Crippen LogP contribution in [0.1, 0.15) is 18.4 Å². The summed E-state index contributed by atoms with van der Waals surface area (Å²) in [4.78, 5) is 20.2. The average molecular weight is 432 g/mol. The molecule has 4 aromatic rings. The van der Waals surface area contributed by atoms with Gasteiger partial charge in [-0.15, -0.1) is 0 Å². The molecule has 1 aliphatic heterocycles. The summed E-state index contributed by atoms with van der Waals surface area (Å²) >= 11 is 0. The summed E-state index contributed by atoms with van der Waals surface area (Å²) in [6.45, 7) is 5.00. The lowest BCUT2D eigenvalue weighted by Crippen LogP contribution is -2.46. The van der Waals surface area contributed by atoms with Crippen molar-refractivity contribution in [1.29, 1.82) is 0 Å². The Balaban J connectivity index is 1.13. The average Bonchev–Trinajstić information content (AvgIpc) is 3.23. The molecule has 0 aliphatic carbocycles. The first kappa shape index (κ1) is 20.6. The Hall–Kier alpha value is -3.25. The molecule has 1 aliphatic rings. The summed E-state index contributed by atoms with van der Waals surface area (Å²) in [6.07, 6.45) is 5.56. The fraction of sp³-hybridized carbons (Fsp3) is 0.346. The minimum atomic E-state index is -0.281. The van der Waals surface area contributed by atoms with Crippen LogP contribution in [0.15, 0.2) is 63.9 Å². The molecule has 1 saturated heterocycles. The van der Waals surface area contributed by atoms with Gasteiger partial charge in [0, 0.05) is 60.8 Å². The van der Waals surface area contributed by atoms with Crippen molar-refractivity contribution in [2.75, 3.05) is 44.7 Å². The van der Waals surface area contributed by atoms with Crippen LogP contribution in [-0.4, -0.2) is 49.7 Å². The van der Waals surface area contributed by atoms with E-state index < -0.39 is 0 Å². The van der Waals surface area contributed by atoms with Gasteiger partial charge in [-0.2, -0.15) is 0 Å². The number of methoxy groups -OCH3 is 1. The number of nitrogens with zero attached hydrogens (tertiary/aromatic N) is 2. The first-order valence-electron chi connectivity index (χ1n) is 11.4. The predicted molar refractivity (Wildman–Crippen MR) is 129 cm³/mol. The molecule has 0 unspecified atom stereocenters. The maximum Gasteiger partial charge on any atom is 0.338 e. The van der Waals surface area contributed by atoms with Crippen LogP contribution in [-0.2, 0) is 6.42 Å². The normalized spacial score (nSPS) is 15.0. The van der Waals surface area contributed by atoms with Crippen molar-refractivity contribution in [3.05, 3.63) is 70.7 Å². The van der Waals surface area contributed by atoms with Crippen LogP contribution in [0, 0.1) is 0 Å². The number of aromatic amines is 1. The van der Waals surface area contributed by atoms with E-state index in [1.165, 1.54) is 23.8 Å². The van der Waals surface area contributed by atoms with E-state index in [2.05, 4.69) is 33.1 Å². The van der Waals surface area contributed by atoms with E-state index in [0.29, 0.717) is 5.58 Å². The van der Waals surface area contributed by atoms with Gasteiger partial charge in [0.1, 0.15) is 11.3 Å². The molecule has 3 heterocycles. The van der Waals surface area contributed by atoms with E-state index in [1.54, 1.807) is 13.2 Å². The summed E-state index contributed by atoms with van der Waals surface area (Å²) in [7, 11) is 1.70. The number of rotatable bonds is 7. The molecule has 0 amide bonds. The summed E-state index contributed by atoms with van der Waals surface area (Å²) < 4.78 is 10.7. The fourth-order valence-electron chi connectivity index (χ4n) is 4.72. The van der Waals surface area contributed by atoms with Crippen LogP contribution < -0.4 is 15.3 Å². The molecule has 0 atom stereocenters. The van der Waals surface area contributed by atoms with E-state index in [1.807, 2.05) is 30.3 Å². The third kappa shape index (κ3) is 4.23. The second kappa shape index (κ2) is 9.09. The molecule has 1 fully saturated rings. The molecule has 5 rings (SSSR count). The molecule has 0 bridgehead atoms. The molecular weight excluding hydrogens is 402 g/mol. The largest absolute Gasteiger partial charge is 0.497 e. The molecule has 166 valence electrons. The smallest absolute Gasteiger partial charge is 0.338 e. The Morgan fingerprint density at radius 3 is 2.69 bits per heavy atom. The van der Waals surface area contributed by atoms with Crippen LogP contribution in [0.5, 0.6) is 5.75 Å². The maximum atomic E-state index is 12.0. The van der Waals surface area contributed by atoms with E-state index in [0.717, 1.165) is 61.5 Å². The van der Waals surface area contributed by atoms with E-state index in [9.17, 15) is 4.79 Å². The first-order chi connectivity index (χ1) is 15.7. The number of aromatic nitrogens is 1. The zero-order valence-corrected chi connectivity index (χ0v) is 18.5. The highest BCUT2D eigenvalue weighted by Gasteiger charge is 2.19. The number of hydrogen-bond donors (Lipinski definition) is 1. The lowest BCUT2D eigenvalue weighted by Gasteiger charge is -2.36. The Morgan fingerprint density at radius 1 is 1.00 bits per heavy atom. The van der Waals surface area contributed by atoms with Gasteiger partial charge < -0.3 is 19.0 Å². The van der Waals surface area contributed by atoms with Crippen molar-refractivity contribution >= 4 is 27.6 Å². The number of unbranched alkanes of at least 4 members (excludes halogenated alkanes) is 1. The van der Waals surface area contributed by atoms with Crippen LogP contribution in [0.2, 0.25) is 0 Å². The number of ether oxygens (including phenoxy) is 1. The summed E-state index contributed by atoms with van der Waals surface area (Å²) in [5.74, 6) is 0.884. The Labute approximate surface area is 187 Å². The van der Waals surface area contributed by atoms with Gasteiger partial charge in [0.25, 0.3) is 0 Å². The molecule has 32 heavy (non-hydrogen) atoms. The summed E-state index contributed by atoms with van der Waals surface area (Å²) in [6, 6.07) is 15.6. The van der Waals surface area contributed by atoms with E-state index in [4.69, 9.17) is 9.15 Å². The third-order valence-corrected chi connectivity index (χ3v) is 6.49. The van der Waals surface area contributed by atoms with Gasteiger partial charge in [0.2, 0.25) is 0 Å². The second-order valence-electron chi connectivity index (χ2n) is 8.46. The van der Waals surface area contributed by atoms with Crippen molar-refractivity contribution in [1.82, 2.24) is 9.88 Å². The van der Waals surface area contributed by atoms with Gasteiger partial charge in [-0.1, -0.05) is 12.1 Å². The van der Waals surface area contributed by atoms with Crippen molar-refractivity contribution in [3.63, 3.8) is 0 Å². The number of anilines is 1. The van der Waals surface area contributed by atoms with E-state index in [-0.39, 0.29) is 5.63 Å². The molecule has 0 saturated carbocycles. The lowest BCUT2D eigenvalue weighted by molar-refractivity contribution is 0.253. The highest BCUT2D eigenvalue weighted by Crippen LogP contribution is 2.26. The number of benzene rings is 2. The maximum absolute atomic E-state index is 12.0. The van der Waals surface area contributed by atoms with Crippen LogP contribution >= 0.6 is 0 Å². The number of aryl methyl sites for hydroxylation is 1.